The number of fused-ring (bicyclic) bond motifs is 2. The summed E-state index contributed by atoms with van der Waals surface area (Å²) in [6.45, 7) is 6.84. The Labute approximate surface area is 197 Å². The first-order valence-corrected chi connectivity index (χ1v) is 11.0. The second-order valence-corrected chi connectivity index (χ2v) is 9.18. The lowest BCUT2D eigenvalue weighted by Gasteiger charge is -2.14. The Bertz CT molecular complexity index is 1390. The Morgan fingerprint density at radius 1 is 1.09 bits per heavy atom. The molecular weight excluding hydrogens is 432 g/mol. The van der Waals surface area contributed by atoms with E-state index in [1.165, 1.54) is 0 Å². The predicted octanol–water partition coefficient (Wildman–Crippen LogP) is 4.36. The topological polar surface area (TPSA) is 87.0 Å². The standard InChI is InChI=1S/C26H26N4O4/c1-26(2,3)23-13-24-28-19(12-20(30(24)29-23)17-6-5-7-18(11-17)32-4)25(31)27-14-16-8-9-21-22(10-16)34-15-33-21/h5-13H,14-15H2,1-4H3,(H,27,31). The summed E-state index contributed by atoms with van der Waals surface area (Å²) in [6.07, 6.45) is 0. The summed E-state index contributed by atoms with van der Waals surface area (Å²) < 4.78 is 18.0. The van der Waals surface area contributed by atoms with Crippen LogP contribution in [0.4, 0.5) is 0 Å². The van der Waals surface area contributed by atoms with E-state index >= 15 is 0 Å². The molecule has 4 aromatic rings. The third-order valence-electron chi connectivity index (χ3n) is 5.68. The van der Waals surface area contributed by atoms with Gasteiger partial charge in [-0.1, -0.05) is 39.0 Å². The minimum atomic E-state index is -0.275. The largest absolute Gasteiger partial charge is 0.497 e. The second kappa shape index (κ2) is 8.37. The molecule has 0 aliphatic carbocycles. The van der Waals surface area contributed by atoms with Gasteiger partial charge < -0.3 is 19.5 Å². The fourth-order valence-corrected chi connectivity index (χ4v) is 3.77. The normalized spacial score (nSPS) is 12.7. The van der Waals surface area contributed by atoms with Gasteiger partial charge in [0.1, 0.15) is 11.4 Å². The number of hydrogen-bond acceptors (Lipinski definition) is 6. The van der Waals surface area contributed by atoms with Crippen LogP contribution in [0.15, 0.2) is 54.6 Å². The molecule has 0 unspecified atom stereocenters. The molecule has 0 spiro atoms. The number of aromatic nitrogens is 3. The van der Waals surface area contributed by atoms with Crippen LogP contribution in [0.1, 0.15) is 42.5 Å². The number of carbonyl (C=O) groups excluding carboxylic acids is 1. The number of hydrogen-bond donors (Lipinski definition) is 1. The molecule has 0 saturated heterocycles. The van der Waals surface area contributed by atoms with Crippen molar-refractivity contribution in [1.29, 1.82) is 0 Å². The molecule has 1 N–H and O–H groups in total. The van der Waals surface area contributed by atoms with E-state index in [4.69, 9.17) is 19.3 Å². The zero-order valence-electron chi connectivity index (χ0n) is 19.6. The molecule has 2 aromatic carbocycles. The van der Waals surface area contributed by atoms with Crippen LogP contribution in [0.25, 0.3) is 16.9 Å². The van der Waals surface area contributed by atoms with Gasteiger partial charge in [0.2, 0.25) is 6.79 Å². The first-order valence-electron chi connectivity index (χ1n) is 11.0. The van der Waals surface area contributed by atoms with E-state index in [1.807, 2.05) is 48.5 Å². The van der Waals surface area contributed by atoms with Gasteiger partial charge in [-0.2, -0.15) is 5.10 Å². The first kappa shape index (κ1) is 21.8. The molecule has 2 aromatic heterocycles. The number of rotatable bonds is 5. The summed E-state index contributed by atoms with van der Waals surface area (Å²) in [4.78, 5) is 17.7. The lowest BCUT2D eigenvalue weighted by Crippen LogP contribution is -2.24. The van der Waals surface area contributed by atoms with Crippen molar-refractivity contribution in [2.24, 2.45) is 0 Å². The van der Waals surface area contributed by atoms with Crippen molar-refractivity contribution in [3.63, 3.8) is 0 Å². The number of ether oxygens (including phenoxy) is 3. The van der Waals surface area contributed by atoms with Crippen molar-refractivity contribution < 1.29 is 19.0 Å². The van der Waals surface area contributed by atoms with Crippen molar-refractivity contribution in [2.75, 3.05) is 13.9 Å². The van der Waals surface area contributed by atoms with Gasteiger partial charge in [0.25, 0.3) is 5.91 Å². The van der Waals surface area contributed by atoms with Crippen LogP contribution in [0.3, 0.4) is 0 Å². The van der Waals surface area contributed by atoms with Crippen LogP contribution >= 0.6 is 0 Å². The average Bonchev–Trinajstić information content (AvgIpc) is 3.48. The van der Waals surface area contributed by atoms with E-state index in [0.717, 1.165) is 28.3 Å². The molecule has 34 heavy (non-hydrogen) atoms. The zero-order chi connectivity index (χ0) is 23.9. The van der Waals surface area contributed by atoms with Crippen molar-refractivity contribution >= 4 is 11.6 Å². The molecule has 8 nitrogen and oxygen atoms in total. The van der Waals surface area contributed by atoms with Crippen LogP contribution in [0.2, 0.25) is 0 Å². The number of amides is 1. The van der Waals surface area contributed by atoms with Gasteiger partial charge in [0, 0.05) is 23.6 Å². The van der Waals surface area contributed by atoms with Gasteiger partial charge in [0.05, 0.1) is 18.5 Å². The van der Waals surface area contributed by atoms with Crippen LogP contribution in [-0.4, -0.2) is 34.4 Å². The number of nitrogens with zero attached hydrogens (tertiary/aromatic N) is 3. The van der Waals surface area contributed by atoms with Crippen molar-refractivity contribution in [1.82, 2.24) is 19.9 Å². The van der Waals surface area contributed by atoms with Crippen molar-refractivity contribution in [3.8, 4) is 28.5 Å². The van der Waals surface area contributed by atoms with Gasteiger partial charge in [0.15, 0.2) is 17.1 Å². The lowest BCUT2D eigenvalue weighted by molar-refractivity contribution is 0.0946. The highest BCUT2D eigenvalue weighted by molar-refractivity contribution is 5.94. The summed E-state index contributed by atoms with van der Waals surface area (Å²) in [5, 5.41) is 7.76. The van der Waals surface area contributed by atoms with E-state index < -0.39 is 0 Å². The SMILES string of the molecule is COc1cccc(-c2cc(C(=O)NCc3ccc4c(c3)OCO4)nc3cc(C(C)(C)C)nn23)c1. The zero-order valence-corrected chi connectivity index (χ0v) is 19.6. The van der Waals surface area contributed by atoms with Gasteiger partial charge in [-0.15, -0.1) is 0 Å². The van der Waals surface area contributed by atoms with Crippen LogP contribution < -0.4 is 19.5 Å². The Morgan fingerprint density at radius 2 is 1.91 bits per heavy atom. The third-order valence-corrected chi connectivity index (χ3v) is 5.68. The number of methoxy groups -OCH3 is 1. The number of nitrogens with one attached hydrogen (secondary N) is 1. The maximum atomic E-state index is 13.1. The Hall–Kier alpha value is -4.07. The lowest BCUT2D eigenvalue weighted by atomic mass is 9.93. The molecule has 8 heteroatoms. The van der Waals surface area contributed by atoms with E-state index in [-0.39, 0.29) is 18.1 Å². The second-order valence-electron chi connectivity index (χ2n) is 9.18. The van der Waals surface area contributed by atoms with Crippen LogP contribution in [-0.2, 0) is 12.0 Å². The number of carbonyl (C=O) groups is 1. The smallest absolute Gasteiger partial charge is 0.270 e. The fourth-order valence-electron chi connectivity index (χ4n) is 3.77. The molecule has 1 aliphatic rings. The minimum absolute atomic E-state index is 0.166. The monoisotopic (exact) mass is 458 g/mol. The maximum absolute atomic E-state index is 13.1. The molecule has 5 rings (SSSR count). The van der Waals surface area contributed by atoms with Gasteiger partial charge in [-0.25, -0.2) is 9.50 Å². The first-order chi connectivity index (χ1) is 16.3. The fraction of sp³-hybridized carbons (Fsp3) is 0.269. The molecule has 174 valence electrons. The molecule has 0 saturated carbocycles. The predicted molar refractivity (Wildman–Crippen MR) is 127 cm³/mol. The molecule has 1 amide bonds. The Balaban J connectivity index is 1.50. The highest BCUT2D eigenvalue weighted by Gasteiger charge is 2.22. The molecular formula is C26H26N4O4. The van der Waals surface area contributed by atoms with Crippen molar-refractivity contribution in [3.05, 3.63) is 71.5 Å². The molecule has 0 fully saturated rings. The van der Waals surface area contributed by atoms with Gasteiger partial charge >= 0.3 is 0 Å². The molecule has 0 radical (unpaired) electrons. The summed E-state index contributed by atoms with van der Waals surface area (Å²) in [7, 11) is 1.63. The minimum Gasteiger partial charge on any atom is -0.497 e. The Kier molecular flexibility index (Phi) is 5.36. The van der Waals surface area contributed by atoms with E-state index in [2.05, 4.69) is 31.1 Å². The Morgan fingerprint density at radius 3 is 2.71 bits per heavy atom. The summed E-state index contributed by atoms with van der Waals surface area (Å²) in [5.74, 6) is 1.84. The van der Waals surface area contributed by atoms with E-state index in [9.17, 15) is 4.79 Å². The summed E-state index contributed by atoms with van der Waals surface area (Å²) >= 11 is 0. The van der Waals surface area contributed by atoms with Gasteiger partial charge in [-0.3, -0.25) is 4.79 Å². The highest BCUT2D eigenvalue weighted by atomic mass is 16.7. The van der Waals surface area contributed by atoms with Crippen molar-refractivity contribution in [2.45, 2.75) is 32.7 Å². The molecule has 0 atom stereocenters. The number of benzene rings is 2. The highest BCUT2D eigenvalue weighted by Crippen LogP contribution is 2.32. The average molecular weight is 459 g/mol. The molecule has 1 aliphatic heterocycles. The van der Waals surface area contributed by atoms with E-state index in [1.54, 1.807) is 17.7 Å². The molecule has 3 heterocycles. The third kappa shape index (κ3) is 4.14. The summed E-state index contributed by atoms with van der Waals surface area (Å²) in [5.41, 5.74) is 4.19. The van der Waals surface area contributed by atoms with Crippen LogP contribution in [0, 0.1) is 0 Å². The molecule has 0 bridgehead atoms. The quantitative estimate of drug-likeness (QED) is 0.478. The summed E-state index contributed by atoms with van der Waals surface area (Å²) in [6, 6.07) is 17.0. The maximum Gasteiger partial charge on any atom is 0.270 e. The van der Waals surface area contributed by atoms with E-state index in [0.29, 0.717) is 29.4 Å². The van der Waals surface area contributed by atoms with Gasteiger partial charge in [-0.05, 0) is 35.9 Å². The van der Waals surface area contributed by atoms with Crippen LogP contribution in [0.5, 0.6) is 17.2 Å².